The second-order valence-corrected chi connectivity index (χ2v) is 8.12. The van der Waals surface area contributed by atoms with Gasteiger partial charge in [-0.3, -0.25) is 9.59 Å². The van der Waals surface area contributed by atoms with Crippen LogP contribution in [0.3, 0.4) is 0 Å². The van der Waals surface area contributed by atoms with E-state index in [9.17, 15) is 14.4 Å². The highest BCUT2D eigenvalue weighted by atomic mass is 32.1. The molecule has 0 fully saturated rings. The molecular formula is C22H27N3O5S. The maximum atomic E-state index is 12.9. The first kappa shape index (κ1) is 22.6. The van der Waals surface area contributed by atoms with Gasteiger partial charge in [0.15, 0.2) is 0 Å². The van der Waals surface area contributed by atoms with Gasteiger partial charge in [-0.15, -0.1) is 11.3 Å². The number of hydrogen-bond acceptors (Lipinski definition) is 7. The first-order valence-electron chi connectivity index (χ1n) is 10.1. The molecule has 2 N–H and O–H groups in total. The molecule has 8 nitrogen and oxygen atoms in total. The minimum atomic E-state index is -0.563. The number of thiophene rings is 1. The Morgan fingerprint density at radius 2 is 2.03 bits per heavy atom. The van der Waals surface area contributed by atoms with E-state index in [-0.39, 0.29) is 30.5 Å². The Morgan fingerprint density at radius 1 is 1.26 bits per heavy atom. The molecular weight excluding hydrogens is 418 g/mol. The fourth-order valence-corrected chi connectivity index (χ4v) is 4.90. The van der Waals surface area contributed by atoms with E-state index in [4.69, 9.17) is 9.47 Å². The molecule has 2 aromatic rings. The Bertz CT molecular complexity index is 987. The number of nitrogens with one attached hydrogen (secondary N) is 2. The lowest BCUT2D eigenvalue weighted by atomic mass is 10.0. The van der Waals surface area contributed by atoms with Gasteiger partial charge in [-0.05, 0) is 43.9 Å². The van der Waals surface area contributed by atoms with Gasteiger partial charge in [0.1, 0.15) is 10.8 Å². The zero-order valence-corrected chi connectivity index (χ0v) is 19.0. The van der Waals surface area contributed by atoms with E-state index >= 15 is 0 Å². The first-order valence-corrected chi connectivity index (χ1v) is 11.0. The van der Waals surface area contributed by atoms with Crippen LogP contribution in [0.5, 0.6) is 5.75 Å². The molecule has 1 aromatic heterocycles. The molecule has 0 bridgehead atoms. The summed E-state index contributed by atoms with van der Waals surface area (Å²) in [5.41, 5.74) is 2.77. The number of aryl methyl sites for hydroxylation is 1. The summed E-state index contributed by atoms with van der Waals surface area (Å²) in [5.74, 6) is -0.435. The van der Waals surface area contributed by atoms with Crippen molar-refractivity contribution in [3.63, 3.8) is 0 Å². The van der Waals surface area contributed by atoms with Gasteiger partial charge in [0.2, 0.25) is 5.91 Å². The van der Waals surface area contributed by atoms with E-state index in [0.717, 1.165) is 47.7 Å². The van der Waals surface area contributed by atoms with Crippen molar-refractivity contribution in [2.45, 2.75) is 26.7 Å². The van der Waals surface area contributed by atoms with Crippen LogP contribution in [0.25, 0.3) is 0 Å². The number of methoxy groups -OCH3 is 1. The number of nitrogens with zero attached hydrogens (tertiary/aromatic N) is 1. The van der Waals surface area contributed by atoms with Gasteiger partial charge < -0.3 is 25.0 Å². The van der Waals surface area contributed by atoms with Crippen LogP contribution in [0.2, 0.25) is 0 Å². The number of carbonyl (C=O) groups excluding carboxylic acids is 3. The van der Waals surface area contributed by atoms with Crippen LogP contribution in [0.1, 0.15) is 44.5 Å². The van der Waals surface area contributed by atoms with Crippen molar-refractivity contribution in [3.05, 3.63) is 39.8 Å². The molecule has 2 heterocycles. The standard InChI is InChI=1S/C22H27N3O5S/c1-5-30-22(28)17-13(2)19(20(27)23-3)31-21(17)24-16(26)12-25-11-7-9-14-8-6-10-15(29-4)18(14)25/h6,8,10H,5,7,9,11-12H2,1-4H3,(H,23,27)(H,24,26). The molecule has 9 heteroatoms. The second-order valence-electron chi connectivity index (χ2n) is 7.10. The number of rotatable bonds is 7. The predicted molar refractivity (Wildman–Crippen MR) is 121 cm³/mol. The highest BCUT2D eigenvalue weighted by molar-refractivity contribution is 7.18. The van der Waals surface area contributed by atoms with Crippen LogP contribution in [-0.2, 0) is 16.0 Å². The van der Waals surface area contributed by atoms with Crippen molar-refractivity contribution < 1.29 is 23.9 Å². The van der Waals surface area contributed by atoms with Crippen LogP contribution < -0.4 is 20.3 Å². The molecule has 166 valence electrons. The number of benzene rings is 1. The lowest BCUT2D eigenvalue weighted by molar-refractivity contribution is -0.115. The molecule has 0 aliphatic carbocycles. The smallest absolute Gasteiger partial charge is 0.341 e. The lowest BCUT2D eigenvalue weighted by Crippen LogP contribution is -2.37. The quantitative estimate of drug-likeness (QED) is 0.636. The van der Waals surface area contributed by atoms with Crippen LogP contribution in [0, 0.1) is 6.92 Å². The Balaban J connectivity index is 1.86. The molecule has 0 unspecified atom stereocenters. The molecule has 1 aliphatic heterocycles. The second kappa shape index (κ2) is 9.82. The van der Waals surface area contributed by atoms with Crippen molar-refractivity contribution in [2.24, 2.45) is 0 Å². The van der Waals surface area contributed by atoms with Gasteiger partial charge in [-0.2, -0.15) is 0 Å². The van der Waals surface area contributed by atoms with Crippen molar-refractivity contribution in [1.82, 2.24) is 5.32 Å². The highest BCUT2D eigenvalue weighted by Gasteiger charge is 2.28. The molecule has 0 radical (unpaired) electrons. The minimum Gasteiger partial charge on any atom is -0.495 e. The van der Waals surface area contributed by atoms with Gasteiger partial charge in [-0.25, -0.2) is 4.79 Å². The molecule has 0 atom stereocenters. The number of anilines is 2. The fourth-order valence-electron chi connectivity index (χ4n) is 3.74. The van der Waals surface area contributed by atoms with Crippen molar-refractivity contribution in [2.75, 3.05) is 44.1 Å². The van der Waals surface area contributed by atoms with Crippen molar-refractivity contribution in [1.29, 1.82) is 0 Å². The molecule has 2 amide bonds. The summed E-state index contributed by atoms with van der Waals surface area (Å²) in [7, 11) is 3.13. The maximum Gasteiger partial charge on any atom is 0.341 e. The fraction of sp³-hybridized carbons (Fsp3) is 0.409. The van der Waals surface area contributed by atoms with E-state index in [0.29, 0.717) is 15.4 Å². The topological polar surface area (TPSA) is 97.0 Å². The summed E-state index contributed by atoms with van der Waals surface area (Å²) in [6, 6.07) is 5.87. The van der Waals surface area contributed by atoms with E-state index in [1.54, 1.807) is 21.0 Å². The zero-order valence-electron chi connectivity index (χ0n) is 18.2. The summed E-state index contributed by atoms with van der Waals surface area (Å²) < 4.78 is 10.6. The van der Waals surface area contributed by atoms with Gasteiger partial charge in [-0.1, -0.05) is 12.1 Å². The average Bonchev–Trinajstić information content (AvgIpc) is 3.08. The Labute approximate surface area is 185 Å². The lowest BCUT2D eigenvalue weighted by Gasteiger charge is -2.32. The first-order chi connectivity index (χ1) is 14.9. The number of carbonyl (C=O) groups is 3. The third-order valence-corrected chi connectivity index (χ3v) is 6.35. The number of esters is 1. The summed E-state index contributed by atoms with van der Waals surface area (Å²) in [4.78, 5) is 40.0. The number of amides is 2. The number of ether oxygens (including phenoxy) is 2. The third-order valence-electron chi connectivity index (χ3n) is 5.14. The predicted octanol–water partition coefficient (Wildman–Crippen LogP) is 2.99. The summed E-state index contributed by atoms with van der Waals surface area (Å²) in [6.45, 7) is 4.40. The highest BCUT2D eigenvalue weighted by Crippen LogP contribution is 2.37. The molecule has 0 saturated carbocycles. The summed E-state index contributed by atoms with van der Waals surface area (Å²) in [6.07, 6.45) is 1.86. The van der Waals surface area contributed by atoms with Crippen LogP contribution in [0.15, 0.2) is 18.2 Å². The van der Waals surface area contributed by atoms with Crippen molar-refractivity contribution in [3.8, 4) is 5.75 Å². The van der Waals surface area contributed by atoms with E-state index in [1.165, 1.54) is 7.05 Å². The Kier molecular flexibility index (Phi) is 7.17. The van der Waals surface area contributed by atoms with Gasteiger partial charge in [0, 0.05) is 13.6 Å². The molecule has 0 saturated heterocycles. The van der Waals surface area contributed by atoms with Gasteiger partial charge in [0.25, 0.3) is 5.91 Å². The van der Waals surface area contributed by atoms with Crippen LogP contribution in [0.4, 0.5) is 10.7 Å². The number of hydrogen-bond donors (Lipinski definition) is 2. The van der Waals surface area contributed by atoms with Gasteiger partial charge >= 0.3 is 5.97 Å². The van der Waals surface area contributed by atoms with Crippen LogP contribution >= 0.6 is 11.3 Å². The van der Waals surface area contributed by atoms with E-state index in [2.05, 4.69) is 10.6 Å². The average molecular weight is 446 g/mol. The maximum absolute atomic E-state index is 12.9. The number of para-hydroxylation sites is 1. The normalized spacial score (nSPS) is 12.7. The van der Waals surface area contributed by atoms with E-state index < -0.39 is 5.97 Å². The summed E-state index contributed by atoms with van der Waals surface area (Å²) >= 11 is 1.07. The Hall–Kier alpha value is -3.07. The SMILES string of the molecule is CCOC(=O)c1c(NC(=O)CN2CCCc3cccc(OC)c32)sc(C(=O)NC)c1C. The molecule has 31 heavy (non-hydrogen) atoms. The monoisotopic (exact) mass is 445 g/mol. The molecule has 0 spiro atoms. The largest absolute Gasteiger partial charge is 0.495 e. The minimum absolute atomic E-state index is 0.0991. The molecule has 1 aromatic carbocycles. The molecule has 1 aliphatic rings. The van der Waals surface area contributed by atoms with E-state index in [1.807, 2.05) is 23.1 Å². The number of fused-ring (bicyclic) bond motifs is 1. The summed E-state index contributed by atoms with van der Waals surface area (Å²) in [5, 5.41) is 5.70. The molecule has 3 rings (SSSR count). The zero-order chi connectivity index (χ0) is 22.5. The Morgan fingerprint density at radius 3 is 2.71 bits per heavy atom. The van der Waals surface area contributed by atoms with Gasteiger partial charge in [0.05, 0.1) is 36.4 Å². The third kappa shape index (κ3) is 4.66. The van der Waals surface area contributed by atoms with Crippen LogP contribution in [-0.4, -0.2) is 51.6 Å². The van der Waals surface area contributed by atoms with Crippen molar-refractivity contribution >= 4 is 39.8 Å².